The zero-order valence-electron chi connectivity index (χ0n) is 10.8. The number of hydrogen-bond donors (Lipinski definition) is 1. The summed E-state index contributed by atoms with van der Waals surface area (Å²) >= 11 is 0. The Balaban J connectivity index is 2.25. The normalized spacial score (nSPS) is 9.37. The van der Waals surface area contributed by atoms with E-state index in [4.69, 9.17) is 9.47 Å². The smallest absolute Gasteiger partial charge is 0.123 e. The predicted molar refractivity (Wildman–Crippen MR) is 73.6 cm³/mol. The highest BCUT2D eigenvalue weighted by molar-refractivity contribution is 5.49. The standard InChI is InChI=1S/C16H14O3/c1-18-15-7-5-12(6-8-15)3-4-13-9-14(17)11-16(10-13)19-2/h5-11,17H,1-2H3. The molecule has 0 saturated heterocycles. The maximum atomic E-state index is 9.53. The van der Waals surface area contributed by atoms with Gasteiger partial charge in [0.05, 0.1) is 14.2 Å². The summed E-state index contributed by atoms with van der Waals surface area (Å²) in [5.41, 5.74) is 1.58. The van der Waals surface area contributed by atoms with Gasteiger partial charge in [-0.2, -0.15) is 0 Å². The third-order valence-corrected chi connectivity index (χ3v) is 2.57. The molecule has 0 aromatic heterocycles. The Morgan fingerprint density at radius 1 is 0.789 bits per heavy atom. The minimum absolute atomic E-state index is 0.137. The summed E-state index contributed by atoms with van der Waals surface area (Å²) in [6.07, 6.45) is 0. The number of benzene rings is 2. The van der Waals surface area contributed by atoms with E-state index in [1.165, 1.54) is 0 Å². The van der Waals surface area contributed by atoms with E-state index in [0.717, 1.165) is 11.3 Å². The van der Waals surface area contributed by atoms with Crippen molar-refractivity contribution in [2.24, 2.45) is 0 Å². The van der Waals surface area contributed by atoms with Crippen molar-refractivity contribution in [2.75, 3.05) is 14.2 Å². The Morgan fingerprint density at radius 2 is 1.42 bits per heavy atom. The Kier molecular flexibility index (Phi) is 3.94. The average molecular weight is 254 g/mol. The molecule has 0 spiro atoms. The Labute approximate surface area is 112 Å². The zero-order chi connectivity index (χ0) is 13.7. The maximum Gasteiger partial charge on any atom is 0.123 e. The van der Waals surface area contributed by atoms with Gasteiger partial charge < -0.3 is 14.6 Å². The van der Waals surface area contributed by atoms with Crippen molar-refractivity contribution in [1.82, 2.24) is 0 Å². The second-order valence-electron chi connectivity index (χ2n) is 3.90. The molecule has 0 heterocycles. The van der Waals surface area contributed by atoms with Gasteiger partial charge in [-0.25, -0.2) is 0 Å². The van der Waals surface area contributed by atoms with Crippen molar-refractivity contribution >= 4 is 0 Å². The predicted octanol–water partition coefficient (Wildman–Crippen LogP) is 2.81. The van der Waals surface area contributed by atoms with Gasteiger partial charge in [-0.3, -0.25) is 0 Å². The molecule has 2 aromatic rings. The molecule has 0 aliphatic carbocycles. The minimum atomic E-state index is 0.137. The Hall–Kier alpha value is -2.60. The lowest BCUT2D eigenvalue weighted by Gasteiger charge is -2.01. The third-order valence-electron chi connectivity index (χ3n) is 2.57. The molecule has 0 amide bonds. The molecule has 3 nitrogen and oxygen atoms in total. The van der Waals surface area contributed by atoms with Gasteiger partial charge in [0.2, 0.25) is 0 Å². The molecule has 2 aromatic carbocycles. The summed E-state index contributed by atoms with van der Waals surface area (Å²) < 4.78 is 10.2. The van der Waals surface area contributed by atoms with Crippen LogP contribution in [0.5, 0.6) is 17.2 Å². The lowest BCUT2D eigenvalue weighted by atomic mass is 10.1. The van der Waals surface area contributed by atoms with Gasteiger partial charge in [0.1, 0.15) is 17.2 Å². The molecule has 0 bridgehead atoms. The SMILES string of the molecule is COc1ccc(C#Cc2cc(O)cc(OC)c2)cc1. The van der Waals surface area contributed by atoms with Crippen molar-refractivity contribution in [3.05, 3.63) is 53.6 Å². The first-order valence-corrected chi connectivity index (χ1v) is 5.75. The quantitative estimate of drug-likeness (QED) is 0.837. The molecule has 0 saturated carbocycles. The van der Waals surface area contributed by atoms with Crippen LogP contribution in [0.4, 0.5) is 0 Å². The highest BCUT2D eigenvalue weighted by Gasteiger charge is 1.97. The van der Waals surface area contributed by atoms with Crippen LogP contribution in [-0.2, 0) is 0 Å². The van der Waals surface area contributed by atoms with Gasteiger partial charge in [0, 0.05) is 17.2 Å². The van der Waals surface area contributed by atoms with E-state index in [-0.39, 0.29) is 5.75 Å². The summed E-state index contributed by atoms with van der Waals surface area (Å²) in [5, 5.41) is 9.53. The number of hydrogen-bond acceptors (Lipinski definition) is 3. The highest BCUT2D eigenvalue weighted by atomic mass is 16.5. The third kappa shape index (κ3) is 3.43. The fourth-order valence-corrected chi connectivity index (χ4v) is 1.59. The van der Waals surface area contributed by atoms with Crippen LogP contribution < -0.4 is 9.47 Å². The monoisotopic (exact) mass is 254 g/mol. The molecule has 0 unspecified atom stereocenters. The molecule has 0 aliphatic heterocycles. The van der Waals surface area contributed by atoms with E-state index in [2.05, 4.69) is 11.8 Å². The first-order valence-electron chi connectivity index (χ1n) is 5.75. The second kappa shape index (κ2) is 5.83. The summed E-state index contributed by atoms with van der Waals surface area (Å²) in [5.74, 6) is 7.52. The van der Waals surface area contributed by atoms with E-state index in [1.54, 1.807) is 32.4 Å². The molecule has 0 radical (unpaired) electrons. The molecule has 0 aliphatic rings. The first-order chi connectivity index (χ1) is 9.21. The van der Waals surface area contributed by atoms with Crippen LogP contribution in [-0.4, -0.2) is 19.3 Å². The summed E-state index contributed by atoms with van der Waals surface area (Å²) in [7, 11) is 3.18. The van der Waals surface area contributed by atoms with Crippen molar-refractivity contribution < 1.29 is 14.6 Å². The number of aromatic hydroxyl groups is 1. The first kappa shape index (κ1) is 12.8. The van der Waals surface area contributed by atoms with Crippen molar-refractivity contribution in [2.45, 2.75) is 0 Å². The van der Waals surface area contributed by atoms with Crippen LogP contribution in [0.2, 0.25) is 0 Å². The van der Waals surface area contributed by atoms with Gasteiger partial charge in [0.25, 0.3) is 0 Å². The average Bonchev–Trinajstić information content (AvgIpc) is 2.45. The summed E-state index contributed by atoms with van der Waals surface area (Å²) in [4.78, 5) is 0. The van der Waals surface area contributed by atoms with Gasteiger partial charge in [0.15, 0.2) is 0 Å². The second-order valence-corrected chi connectivity index (χ2v) is 3.90. The van der Waals surface area contributed by atoms with Crippen molar-refractivity contribution in [1.29, 1.82) is 0 Å². The van der Waals surface area contributed by atoms with Crippen LogP contribution >= 0.6 is 0 Å². The molecular weight excluding hydrogens is 240 g/mol. The van der Waals surface area contributed by atoms with E-state index >= 15 is 0 Å². The van der Waals surface area contributed by atoms with Gasteiger partial charge in [-0.15, -0.1) is 0 Å². The summed E-state index contributed by atoms with van der Waals surface area (Å²) in [6.45, 7) is 0. The van der Waals surface area contributed by atoms with E-state index < -0.39 is 0 Å². The Morgan fingerprint density at radius 3 is 2.05 bits per heavy atom. The van der Waals surface area contributed by atoms with Gasteiger partial charge in [-0.1, -0.05) is 11.8 Å². The number of rotatable bonds is 2. The number of ether oxygens (including phenoxy) is 2. The highest BCUT2D eigenvalue weighted by Crippen LogP contribution is 2.20. The largest absolute Gasteiger partial charge is 0.508 e. The van der Waals surface area contributed by atoms with Crippen LogP contribution in [0.15, 0.2) is 42.5 Å². The van der Waals surface area contributed by atoms with Crippen LogP contribution in [0.3, 0.4) is 0 Å². The van der Waals surface area contributed by atoms with Gasteiger partial charge >= 0.3 is 0 Å². The minimum Gasteiger partial charge on any atom is -0.508 e. The number of methoxy groups -OCH3 is 2. The van der Waals surface area contributed by atoms with E-state index in [1.807, 2.05) is 24.3 Å². The number of phenols is 1. The molecule has 3 heteroatoms. The molecule has 1 N–H and O–H groups in total. The molecular formula is C16H14O3. The molecule has 0 atom stereocenters. The van der Waals surface area contributed by atoms with Crippen molar-refractivity contribution in [3.63, 3.8) is 0 Å². The Bertz CT molecular complexity index is 619. The molecule has 19 heavy (non-hydrogen) atoms. The van der Waals surface area contributed by atoms with Crippen molar-refractivity contribution in [3.8, 4) is 29.1 Å². The fraction of sp³-hybridized carbons (Fsp3) is 0.125. The van der Waals surface area contributed by atoms with Crippen LogP contribution in [0, 0.1) is 11.8 Å². The van der Waals surface area contributed by atoms with Crippen LogP contribution in [0.25, 0.3) is 0 Å². The molecule has 0 fully saturated rings. The molecule has 96 valence electrons. The summed E-state index contributed by atoms with van der Waals surface area (Å²) in [6, 6.07) is 12.4. The van der Waals surface area contributed by atoms with Gasteiger partial charge in [-0.05, 0) is 36.4 Å². The van der Waals surface area contributed by atoms with E-state index in [0.29, 0.717) is 11.3 Å². The maximum absolute atomic E-state index is 9.53. The lowest BCUT2D eigenvalue weighted by molar-refractivity contribution is 0.407. The lowest BCUT2D eigenvalue weighted by Crippen LogP contribution is -1.84. The van der Waals surface area contributed by atoms with E-state index in [9.17, 15) is 5.11 Å². The van der Waals surface area contributed by atoms with Crippen LogP contribution in [0.1, 0.15) is 11.1 Å². The fourth-order valence-electron chi connectivity index (χ4n) is 1.59. The number of phenolic OH excluding ortho intramolecular Hbond substituents is 1. The topological polar surface area (TPSA) is 38.7 Å². The zero-order valence-corrected chi connectivity index (χ0v) is 10.8. The molecule has 2 rings (SSSR count).